The van der Waals surface area contributed by atoms with Crippen molar-refractivity contribution in [1.82, 2.24) is 0 Å². The maximum atomic E-state index is 12.9. The zero-order valence-electron chi connectivity index (χ0n) is 8.42. The Hall–Kier alpha value is -1.82. The first-order valence-corrected chi connectivity index (χ1v) is 4.54. The molecule has 3 heteroatoms. The molecule has 15 heavy (non-hydrogen) atoms. The smallest absolute Gasteiger partial charge is 0.150 e. The van der Waals surface area contributed by atoms with E-state index in [2.05, 4.69) is 11.8 Å². The minimum absolute atomic E-state index is 0.270. The monoisotopic (exact) mass is 206 g/mol. The SMILES string of the molecule is CC#CCCOc1cc(F)cc(C=O)c1. The Morgan fingerprint density at radius 3 is 2.93 bits per heavy atom. The summed E-state index contributed by atoms with van der Waals surface area (Å²) >= 11 is 0. The fourth-order valence-corrected chi connectivity index (χ4v) is 1.08. The lowest BCUT2D eigenvalue weighted by Gasteiger charge is -2.04. The van der Waals surface area contributed by atoms with Crippen molar-refractivity contribution in [3.05, 3.63) is 29.6 Å². The van der Waals surface area contributed by atoms with E-state index in [1.165, 1.54) is 12.1 Å². The van der Waals surface area contributed by atoms with Crippen molar-refractivity contribution >= 4 is 6.29 Å². The molecule has 0 atom stereocenters. The van der Waals surface area contributed by atoms with E-state index in [4.69, 9.17) is 4.74 Å². The third-order valence-corrected chi connectivity index (χ3v) is 1.70. The van der Waals surface area contributed by atoms with Gasteiger partial charge in [-0.15, -0.1) is 11.8 Å². The molecule has 0 saturated carbocycles. The molecule has 0 spiro atoms. The van der Waals surface area contributed by atoms with Crippen LogP contribution in [0, 0.1) is 17.7 Å². The number of carbonyl (C=O) groups excluding carboxylic acids is 1. The van der Waals surface area contributed by atoms with Crippen LogP contribution in [-0.2, 0) is 0 Å². The number of hydrogen-bond donors (Lipinski definition) is 0. The standard InChI is InChI=1S/C12H11FO2/c1-2-3-4-5-15-12-7-10(9-14)6-11(13)8-12/h6-9H,4-5H2,1H3. The van der Waals surface area contributed by atoms with Crippen LogP contribution in [-0.4, -0.2) is 12.9 Å². The van der Waals surface area contributed by atoms with Crippen molar-refractivity contribution in [3.63, 3.8) is 0 Å². The lowest BCUT2D eigenvalue weighted by molar-refractivity contribution is 0.112. The van der Waals surface area contributed by atoms with Crippen molar-refractivity contribution in [2.24, 2.45) is 0 Å². The van der Waals surface area contributed by atoms with Gasteiger partial charge in [-0.05, 0) is 19.1 Å². The van der Waals surface area contributed by atoms with Crippen LogP contribution in [0.4, 0.5) is 4.39 Å². The van der Waals surface area contributed by atoms with Gasteiger partial charge in [0.05, 0.1) is 6.61 Å². The van der Waals surface area contributed by atoms with Gasteiger partial charge in [0.1, 0.15) is 17.9 Å². The predicted molar refractivity (Wildman–Crippen MR) is 55.3 cm³/mol. The van der Waals surface area contributed by atoms with Gasteiger partial charge in [0.15, 0.2) is 0 Å². The molecule has 0 heterocycles. The summed E-state index contributed by atoms with van der Waals surface area (Å²) < 4.78 is 18.2. The first-order valence-electron chi connectivity index (χ1n) is 4.54. The lowest BCUT2D eigenvalue weighted by atomic mass is 10.2. The third kappa shape index (κ3) is 3.82. The Kier molecular flexibility index (Phi) is 4.36. The minimum Gasteiger partial charge on any atom is -0.492 e. The summed E-state index contributed by atoms with van der Waals surface area (Å²) in [6.07, 6.45) is 1.17. The third-order valence-electron chi connectivity index (χ3n) is 1.70. The first-order chi connectivity index (χ1) is 7.26. The fourth-order valence-electron chi connectivity index (χ4n) is 1.08. The van der Waals surface area contributed by atoms with E-state index in [0.29, 0.717) is 25.1 Å². The van der Waals surface area contributed by atoms with E-state index in [0.717, 1.165) is 6.07 Å². The predicted octanol–water partition coefficient (Wildman–Crippen LogP) is 2.43. The zero-order chi connectivity index (χ0) is 11.1. The average molecular weight is 206 g/mol. The van der Waals surface area contributed by atoms with Crippen molar-refractivity contribution in [2.45, 2.75) is 13.3 Å². The lowest BCUT2D eigenvalue weighted by Crippen LogP contribution is -1.97. The highest BCUT2D eigenvalue weighted by atomic mass is 19.1. The highest BCUT2D eigenvalue weighted by Gasteiger charge is 2.00. The number of benzene rings is 1. The second-order valence-corrected chi connectivity index (χ2v) is 2.86. The van der Waals surface area contributed by atoms with Gasteiger partial charge in [-0.1, -0.05) is 0 Å². The molecule has 0 bridgehead atoms. The molecule has 0 saturated heterocycles. The number of hydrogen-bond acceptors (Lipinski definition) is 2. The van der Waals surface area contributed by atoms with E-state index in [9.17, 15) is 9.18 Å². The Balaban J connectivity index is 2.62. The maximum absolute atomic E-state index is 12.9. The van der Waals surface area contributed by atoms with Crippen LogP contribution >= 0.6 is 0 Å². The van der Waals surface area contributed by atoms with Crippen LogP contribution in [0.2, 0.25) is 0 Å². The molecular formula is C12H11FO2. The van der Waals surface area contributed by atoms with E-state index in [-0.39, 0.29) is 5.56 Å². The molecule has 0 N–H and O–H groups in total. The molecule has 0 unspecified atom stereocenters. The van der Waals surface area contributed by atoms with Gasteiger partial charge in [-0.25, -0.2) is 4.39 Å². The summed E-state index contributed by atoms with van der Waals surface area (Å²) in [5.74, 6) is 5.43. The van der Waals surface area contributed by atoms with Crippen molar-refractivity contribution in [1.29, 1.82) is 0 Å². The maximum Gasteiger partial charge on any atom is 0.150 e. The van der Waals surface area contributed by atoms with E-state index in [1.54, 1.807) is 6.92 Å². The zero-order valence-corrected chi connectivity index (χ0v) is 8.42. The molecule has 78 valence electrons. The van der Waals surface area contributed by atoms with E-state index >= 15 is 0 Å². The van der Waals surface area contributed by atoms with Gasteiger partial charge >= 0.3 is 0 Å². The molecule has 0 aliphatic carbocycles. The first kappa shape index (κ1) is 11.3. The molecule has 1 rings (SSSR count). The van der Waals surface area contributed by atoms with Gasteiger partial charge in [-0.3, -0.25) is 4.79 Å². The second-order valence-electron chi connectivity index (χ2n) is 2.86. The highest BCUT2D eigenvalue weighted by molar-refractivity contribution is 5.75. The Labute approximate surface area is 88.1 Å². The van der Waals surface area contributed by atoms with Gasteiger partial charge in [0.25, 0.3) is 0 Å². The topological polar surface area (TPSA) is 26.3 Å². The second kappa shape index (κ2) is 5.82. The number of ether oxygens (including phenoxy) is 1. The molecule has 1 aromatic carbocycles. The summed E-state index contributed by atoms with van der Waals surface area (Å²) in [6, 6.07) is 3.90. The Morgan fingerprint density at radius 2 is 2.27 bits per heavy atom. The molecule has 0 aliphatic rings. The summed E-state index contributed by atoms with van der Waals surface area (Å²) in [4.78, 5) is 10.4. The molecule has 2 nitrogen and oxygen atoms in total. The largest absolute Gasteiger partial charge is 0.492 e. The van der Waals surface area contributed by atoms with Gasteiger partial charge in [0.2, 0.25) is 0 Å². The Bertz CT molecular complexity index is 402. The number of rotatable bonds is 4. The van der Waals surface area contributed by atoms with Crippen LogP contribution in [0.3, 0.4) is 0 Å². The van der Waals surface area contributed by atoms with Crippen LogP contribution in [0.15, 0.2) is 18.2 Å². The van der Waals surface area contributed by atoms with E-state index in [1.807, 2.05) is 0 Å². The van der Waals surface area contributed by atoms with Crippen LogP contribution < -0.4 is 4.74 Å². The van der Waals surface area contributed by atoms with Crippen LogP contribution in [0.1, 0.15) is 23.7 Å². The van der Waals surface area contributed by atoms with Crippen LogP contribution in [0.25, 0.3) is 0 Å². The molecule has 0 radical (unpaired) electrons. The number of carbonyl (C=O) groups is 1. The molecule has 1 aromatic rings. The fraction of sp³-hybridized carbons (Fsp3) is 0.250. The van der Waals surface area contributed by atoms with Gasteiger partial charge in [0, 0.05) is 18.1 Å². The number of aldehydes is 1. The minimum atomic E-state index is -0.476. The number of halogens is 1. The van der Waals surface area contributed by atoms with Gasteiger partial charge < -0.3 is 4.74 Å². The summed E-state index contributed by atoms with van der Waals surface area (Å²) in [5.41, 5.74) is 0.270. The quantitative estimate of drug-likeness (QED) is 0.429. The molecule has 0 aromatic heterocycles. The van der Waals surface area contributed by atoms with E-state index < -0.39 is 5.82 Å². The molecule has 0 amide bonds. The molecule has 0 fully saturated rings. The van der Waals surface area contributed by atoms with Crippen molar-refractivity contribution in [2.75, 3.05) is 6.61 Å². The normalized spacial score (nSPS) is 8.93. The average Bonchev–Trinajstić information content (AvgIpc) is 2.23. The van der Waals surface area contributed by atoms with Crippen LogP contribution in [0.5, 0.6) is 5.75 Å². The molecular weight excluding hydrogens is 195 g/mol. The summed E-state index contributed by atoms with van der Waals surface area (Å²) in [5, 5.41) is 0. The van der Waals surface area contributed by atoms with Crippen molar-refractivity contribution in [3.8, 4) is 17.6 Å². The van der Waals surface area contributed by atoms with Crippen molar-refractivity contribution < 1.29 is 13.9 Å². The van der Waals surface area contributed by atoms with Gasteiger partial charge in [-0.2, -0.15) is 0 Å². The summed E-state index contributed by atoms with van der Waals surface area (Å²) in [7, 11) is 0. The molecule has 0 aliphatic heterocycles. The Morgan fingerprint density at radius 1 is 1.47 bits per heavy atom. The highest BCUT2D eigenvalue weighted by Crippen LogP contribution is 2.15. The summed E-state index contributed by atoms with van der Waals surface area (Å²) in [6.45, 7) is 2.13.